The molecule has 0 radical (unpaired) electrons. The van der Waals surface area contributed by atoms with Crippen LogP contribution in [0.5, 0.6) is 0 Å². The van der Waals surface area contributed by atoms with Crippen LogP contribution >= 0.6 is 0 Å². The molecule has 1 heterocycles. The Morgan fingerprint density at radius 2 is 1.77 bits per heavy atom. The summed E-state index contributed by atoms with van der Waals surface area (Å²) in [6, 6.07) is 2.78. The zero-order valence-electron chi connectivity index (χ0n) is 12.9. The Balaban J connectivity index is 2.18. The van der Waals surface area contributed by atoms with Crippen molar-refractivity contribution in [1.29, 1.82) is 0 Å². The molecule has 13 nitrogen and oxygen atoms in total. The van der Waals surface area contributed by atoms with Gasteiger partial charge in [0.25, 0.3) is 11.4 Å². The van der Waals surface area contributed by atoms with Gasteiger partial charge in [0.05, 0.1) is 28.1 Å². The van der Waals surface area contributed by atoms with Gasteiger partial charge in [-0.1, -0.05) is 0 Å². The van der Waals surface area contributed by atoms with Crippen LogP contribution in [0, 0.1) is 20.2 Å². The molecule has 5 atom stereocenters. The lowest BCUT2D eigenvalue weighted by Crippen LogP contribution is -2.60. The average molecular weight is 374 g/mol. The monoisotopic (exact) mass is 374 g/mol. The highest BCUT2D eigenvalue weighted by Gasteiger charge is 2.47. The molecule has 0 unspecified atom stereocenters. The van der Waals surface area contributed by atoms with Gasteiger partial charge in [-0.3, -0.25) is 20.2 Å². The lowest BCUT2D eigenvalue weighted by atomic mass is 9.99. The van der Waals surface area contributed by atoms with Crippen LogP contribution in [0.4, 0.5) is 11.4 Å². The van der Waals surface area contributed by atoms with E-state index < -0.39 is 64.5 Å². The van der Waals surface area contributed by atoms with Crippen molar-refractivity contribution in [2.45, 2.75) is 37.3 Å². The quantitative estimate of drug-likeness (QED) is 0.348. The fourth-order valence-electron chi connectivity index (χ4n) is 2.32. The number of benzene rings is 1. The number of non-ortho nitro benzene ring substituents is 1. The standard InChI is InChI=1S/C13H14N2O11/c16-8-9(17)11(12(19)20)26-13(10(8)18)25-4-5-1-2-6(14(21)22)3-7(5)15(23)24/h1-3,8-11,13,16-18H,4H2,(H,19,20)/t8-,9-,10+,11-,13+/m0/s1. The van der Waals surface area contributed by atoms with Gasteiger partial charge in [0.1, 0.15) is 18.3 Å². The highest BCUT2D eigenvalue weighted by Crippen LogP contribution is 2.28. The minimum Gasteiger partial charge on any atom is -0.479 e. The number of rotatable bonds is 6. The van der Waals surface area contributed by atoms with Gasteiger partial charge in [-0.25, -0.2) is 4.79 Å². The van der Waals surface area contributed by atoms with E-state index >= 15 is 0 Å². The van der Waals surface area contributed by atoms with Crippen molar-refractivity contribution in [2.75, 3.05) is 0 Å². The van der Waals surface area contributed by atoms with Gasteiger partial charge >= 0.3 is 5.97 Å². The van der Waals surface area contributed by atoms with Crippen molar-refractivity contribution in [3.63, 3.8) is 0 Å². The lowest BCUT2D eigenvalue weighted by Gasteiger charge is -2.38. The molecule has 0 saturated carbocycles. The number of carboxylic acids is 1. The first-order chi connectivity index (χ1) is 12.1. The van der Waals surface area contributed by atoms with Crippen LogP contribution in [-0.4, -0.2) is 66.9 Å². The molecule has 1 aliphatic heterocycles. The molecule has 2 rings (SSSR count). The van der Waals surface area contributed by atoms with Gasteiger partial charge in [0, 0.05) is 6.07 Å². The van der Waals surface area contributed by atoms with Crippen molar-refractivity contribution >= 4 is 17.3 Å². The summed E-state index contributed by atoms with van der Waals surface area (Å²) in [5, 5.41) is 59.7. The summed E-state index contributed by atoms with van der Waals surface area (Å²) in [6.45, 7) is -0.578. The summed E-state index contributed by atoms with van der Waals surface area (Å²) < 4.78 is 9.96. The number of nitrogens with zero attached hydrogens (tertiary/aromatic N) is 2. The number of ether oxygens (including phenoxy) is 2. The normalized spacial score (nSPS) is 28.5. The Labute approximate surface area is 144 Å². The van der Waals surface area contributed by atoms with Crippen molar-refractivity contribution in [3.05, 3.63) is 44.0 Å². The van der Waals surface area contributed by atoms with Gasteiger partial charge in [-0.15, -0.1) is 0 Å². The minimum absolute atomic E-state index is 0.108. The van der Waals surface area contributed by atoms with E-state index in [0.29, 0.717) is 0 Å². The van der Waals surface area contributed by atoms with Crippen molar-refractivity contribution in [2.24, 2.45) is 0 Å². The predicted molar refractivity (Wildman–Crippen MR) is 78.9 cm³/mol. The molecule has 142 valence electrons. The highest BCUT2D eigenvalue weighted by atomic mass is 16.7. The lowest BCUT2D eigenvalue weighted by molar-refractivity contribution is -0.395. The first-order valence-corrected chi connectivity index (χ1v) is 7.09. The molecule has 0 spiro atoms. The SMILES string of the molecule is O=C(O)[C@H]1O[C@@H](OCc2ccc([N+](=O)[O-])cc2[N+](=O)[O-])[C@H](O)[C@@H](O)[C@@H]1O. The molecule has 1 aromatic carbocycles. The van der Waals surface area contributed by atoms with Gasteiger partial charge in [0.2, 0.25) is 0 Å². The average Bonchev–Trinajstić information content (AvgIpc) is 2.58. The predicted octanol–water partition coefficient (Wildman–Crippen LogP) is -1.09. The largest absolute Gasteiger partial charge is 0.479 e. The third-order valence-corrected chi connectivity index (χ3v) is 3.69. The highest BCUT2D eigenvalue weighted by molar-refractivity contribution is 5.73. The number of nitro benzene ring substituents is 2. The molecule has 0 amide bonds. The van der Waals surface area contributed by atoms with Crippen LogP contribution in [-0.2, 0) is 20.9 Å². The summed E-state index contributed by atoms with van der Waals surface area (Å²) in [5.41, 5.74) is -1.25. The molecule has 1 fully saturated rings. The molecule has 0 aromatic heterocycles. The minimum atomic E-state index is -1.91. The Bertz CT molecular complexity index is 724. The third kappa shape index (κ3) is 3.92. The van der Waals surface area contributed by atoms with E-state index in [2.05, 4.69) is 0 Å². The fraction of sp³-hybridized carbons (Fsp3) is 0.462. The molecule has 1 aliphatic rings. The van der Waals surface area contributed by atoms with Crippen molar-refractivity contribution < 1.29 is 44.5 Å². The second-order valence-electron chi connectivity index (χ2n) is 5.37. The molecule has 26 heavy (non-hydrogen) atoms. The number of hydrogen-bond acceptors (Lipinski definition) is 10. The Morgan fingerprint density at radius 3 is 2.31 bits per heavy atom. The maximum Gasteiger partial charge on any atom is 0.335 e. The molecule has 1 aromatic rings. The van der Waals surface area contributed by atoms with Crippen LogP contribution in [0.25, 0.3) is 0 Å². The summed E-state index contributed by atoms with van der Waals surface area (Å²) in [5.74, 6) is -1.61. The van der Waals surface area contributed by atoms with Crippen molar-refractivity contribution in [3.8, 4) is 0 Å². The Hall–Kier alpha value is -2.71. The van der Waals surface area contributed by atoms with E-state index in [1.54, 1.807) is 0 Å². The zero-order valence-corrected chi connectivity index (χ0v) is 12.9. The molecule has 0 bridgehead atoms. The zero-order chi connectivity index (χ0) is 19.6. The maximum atomic E-state index is 11.0. The molecule has 1 saturated heterocycles. The topological polar surface area (TPSA) is 203 Å². The van der Waals surface area contributed by atoms with Crippen LogP contribution in [0.15, 0.2) is 18.2 Å². The second-order valence-corrected chi connectivity index (χ2v) is 5.37. The van der Waals surface area contributed by atoms with Gasteiger partial charge in [-0.05, 0) is 6.07 Å². The van der Waals surface area contributed by atoms with E-state index in [4.69, 9.17) is 14.6 Å². The molecular weight excluding hydrogens is 360 g/mol. The Kier molecular flexibility index (Phi) is 5.79. The third-order valence-electron chi connectivity index (χ3n) is 3.69. The number of aliphatic hydroxyl groups is 3. The number of hydrogen-bond donors (Lipinski definition) is 4. The van der Waals surface area contributed by atoms with Crippen LogP contribution in [0.2, 0.25) is 0 Å². The first-order valence-electron chi connectivity index (χ1n) is 7.09. The van der Waals surface area contributed by atoms with Gasteiger partial charge in [-0.2, -0.15) is 0 Å². The van der Waals surface area contributed by atoms with Gasteiger partial charge < -0.3 is 29.9 Å². The maximum absolute atomic E-state index is 11.0. The molecule has 13 heteroatoms. The summed E-state index contributed by atoms with van der Waals surface area (Å²) in [6.07, 6.45) is -9.20. The second kappa shape index (κ2) is 7.67. The van der Waals surface area contributed by atoms with Crippen molar-refractivity contribution in [1.82, 2.24) is 0 Å². The van der Waals surface area contributed by atoms with Gasteiger partial charge in [0.15, 0.2) is 12.4 Å². The fourth-order valence-corrected chi connectivity index (χ4v) is 2.32. The number of carboxylic acid groups (broad SMARTS) is 1. The Morgan fingerprint density at radius 1 is 1.12 bits per heavy atom. The summed E-state index contributed by atoms with van der Waals surface area (Å²) in [7, 11) is 0. The van der Waals surface area contributed by atoms with E-state index in [1.165, 1.54) is 0 Å². The molecule has 4 N–H and O–H groups in total. The van der Waals surface area contributed by atoms with E-state index in [9.17, 15) is 40.3 Å². The van der Waals surface area contributed by atoms with Crippen LogP contribution < -0.4 is 0 Å². The molecular formula is C13H14N2O11. The van der Waals surface area contributed by atoms with Crippen LogP contribution in [0.3, 0.4) is 0 Å². The summed E-state index contributed by atoms with van der Waals surface area (Å²) >= 11 is 0. The number of aliphatic hydroxyl groups excluding tert-OH is 3. The first kappa shape index (κ1) is 19.6. The molecule has 0 aliphatic carbocycles. The summed E-state index contributed by atoms with van der Waals surface area (Å²) in [4.78, 5) is 31.0. The van der Waals surface area contributed by atoms with E-state index in [1.807, 2.05) is 0 Å². The number of aliphatic carboxylic acids is 1. The smallest absolute Gasteiger partial charge is 0.335 e. The number of carbonyl (C=O) groups is 1. The number of nitro groups is 2. The van der Waals surface area contributed by atoms with E-state index in [-0.39, 0.29) is 5.56 Å². The van der Waals surface area contributed by atoms with E-state index in [0.717, 1.165) is 18.2 Å². The van der Waals surface area contributed by atoms with Crippen LogP contribution in [0.1, 0.15) is 5.56 Å².